The molecule has 0 atom stereocenters. The zero-order chi connectivity index (χ0) is 10.1. The molecule has 1 fully saturated rings. The van der Waals surface area contributed by atoms with Gasteiger partial charge in [0, 0.05) is 20.0 Å². The molecular weight excluding hydrogens is 178 g/mol. The smallest absolute Gasteiger partial charge is 0.301 e. The summed E-state index contributed by atoms with van der Waals surface area (Å²) in [5.41, 5.74) is 0. The average molecular weight is 190 g/mol. The van der Waals surface area contributed by atoms with Crippen LogP contribution in [0.3, 0.4) is 0 Å². The molecule has 0 radical (unpaired) electrons. The summed E-state index contributed by atoms with van der Waals surface area (Å²) < 4.78 is 25.4. The van der Waals surface area contributed by atoms with E-state index in [-0.39, 0.29) is 18.9 Å². The molecule has 0 unspecified atom stereocenters. The summed E-state index contributed by atoms with van der Waals surface area (Å²) in [5, 5.41) is 17.4. The highest BCUT2D eigenvalue weighted by molar-refractivity contribution is 6.02. The maximum Gasteiger partial charge on any atom is 0.301 e. The first-order valence-electron chi connectivity index (χ1n) is 3.95. The Bertz CT molecular complexity index is 233. The molecule has 13 heavy (non-hydrogen) atoms. The summed E-state index contributed by atoms with van der Waals surface area (Å²) in [6.45, 7) is 1.71. The molecule has 0 saturated carbocycles. The van der Waals surface area contributed by atoms with Crippen molar-refractivity contribution >= 4 is 11.7 Å². The summed E-state index contributed by atoms with van der Waals surface area (Å²) >= 11 is 0. The lowest BCUT2D eigenvalue weighted by atomic mass is 10.2. The first-order chi connectivity index (χ1) is 5.93. The maximum atomic E-state index is 12.7. The van der Waals surface area contributed by atoms with Crippen molar-refractivity contribution in [3.8, 4) is 0 Å². The molecule has 1 heterocycles. The fourth-order valence-electron chi connectivity index (χ4n) is 1.11. The van der Waals surface area contributed by atoms with Crippen LogP contribution in [0.4, 0.5) is 8.78 Å². The third-order valence-corrected chi connectivity index (χ3v) is 1.82. The fraction of sp³-hybridized carbons (Fsp3) is 0.714. The van der Waals surface area contributed by atoms with Crippen molar-refractivity contribution in [2.75, 3.05) is 19.6 Å². The lowest BCUT2D eigenvalue weighted by molar-refractivity contribution is 0.0874. The first kappa shape index (κ1) is 10.0. The molecule has 0 spiro atoms. The fourth-order valence-corrected chi connectivity index (χ4v) is 1.11. The van der Waals surface area contributed by atoms with Crippen molar-refractivity contribution in [1.29, 1.82) is 10.8 Å². The van der Waals surface area contributed by atoms with E-state index in [4.69, 9.17) is 10.8 Å². The number of nitrogens with zero attached hydrogens (tertiary/aromatic N) is 1. The Hall–Kier alpha value is -1.04. The minimum atomic E-state index is -3.16. The van der Waals surface area contributed by atoms with Crippen molar-refractivity contribution < 1.29 is 8.78 Å². The summed E-state index contributed by atoms with van der Waals surface area (Å²) in [5.74, 6) is -3.93. The minimum absolute atomic E-state index is 0.0257. The minimum Gasteiger partial charge on any atom is -0.312 e. The van der Waals surface area contributed by atoms with Crippen LogP contribution >= 0.6 is 0 Å². The summed E-state index contributed by atoms with van der Waals surface area (Å²) in [6.07, 6.45) is 0. The van der Waals surface area contributed by atoms with Crippen molar-refractivity contribution in [3.05, 3.63) is 0 Å². The standard InChI is InChI=1S/C7H12F2N4/c1-7(8,9)6(11)13-3-2-12-4-5(13)10/h10-12H,2-4H2,1H3. The van der Waals surface area contributed by atoms with E-state index in [2.05, 4.69) is 5.32 Å². The van der Waals surface area contributed by atoms with E-state index >= 15 is 0 Å². The van der Waals surface area contributed by atoms with Crippen molar-refractivity contribution in [2.45, 2.75) is 12.8 Å². The Morgan fingerprint density at radius 1 is 1.62 bits per heavy atom. The van der Waals surface area contributed by atoms with Crippen molar-refractivity contribution in [2.24, 2.45) is 0 Å². The van der Waals surface area contributed by atoms with Crippen LogP contribution in [0.2, 0.25) is 0 Å². The van der Waals surface area contributed by atoms with Gasteiger partial charge in [0.05, 0.1) is 6.54 Å². The lowest BCUT2D eigenvalue weighted by Gasteiger charge is -2.31. The van der Waals surface area contributed by atoms with Crippen LogP contribution in [0, 0.1) is 10.8 Å². The Morgan fingerprint density at radius 2 is 2.23 bits per heavy atom. The predicted octanol–water partition coefficient (Wildman–Crippen LogP) is 0.501. The zero-order valence-corrected chi connectivity index (χ0v) is 7.32. The highest BCUT2D eigenvalue weighted by atomic mass is 19.3. The Labute approximate surface area is 74.9 Å². The number of hydrogen-bond donors (Lipinski definition) is 3. The first-order valence-corrected chi connectivity index (χ1v) is 3.95. The highest BCUT2D eigenvalue weighted by Crippen LogP contribution is 2.16. The van der Waals surface area contributed by atoms with E-state index in [0.717, 1.165) is 4.90 Å². The average Bonchev–Trinajstić information content (AvgIpc) is 2.02. The van der Waals surface area contributed by atoms with E-state index in [1.807, 2.05) is 0 Å². The van der Waals surface area contributed by atoms with Crippen LogP contribution in [0.5, 0.6) is 0 Å². The second-order valence-corrected chi connectivity index (χ2v) is 3.01. The Kier molecular flexibility index (Phi) is 2.60. The molecular formula is C7H12F2N4. The van der Waals surface area contributed by atoms with Crippen LogP contribution in [-0.4, -0.2) is 42.1 Å². The number of halogens is 2. The molecule has 3 N–H and O–H groups in total. The van der Waals surface area contributed by atoms with Gasteiger partial charge in [0.25, 0.3) is 0 Å². The normalized spacial score (nSPS) is 19.0. The molecule has 0 aromatic heterocycles. The summed E-state index contributed by atoms with van der Waals surface area (Å²) in [4.78, 5) is 1.04. The highest BCUT2D eigenvalue weighted by Gasteiger charge is 2.34. The van der Waals surface area contributed by atoms with Crippen molar-refractivity contribution in [1.82, 2.24) is 10.2 Å². The van der Waals surface area contributed by atoms with Gasteiger partial charge in [0.15, 0.2) is 5.84 Å². The van der Waals surface area contributed by atoms with E-state index < -0.39 is 11.8 Å². The quantitative estimate of drug-likeness (QED) is 0.416. The number of rotatable bonds is 1. The van der Waals surface area contributed by atoms with Crippen LogP contribution in [0.1, 0.15) is 6.92 Å². The molecule has 0 bridgehead atoms. The lowest BCUT2D eigenvalue weighted by Crippen LogP contribution is -2.54. The van der Waals surface area contributed by atoms with Crippen LogP contribution < -0.4 is 5.32 Å². The molecule has 1 saturated heterocycles. The van der Waals surface area contributed by atoms with E-state index in [0.29, 0.717) is 13.5 Å². The third-order valence-electron chi connectivity index (χ3n) is 1.82. The van der Waals surface area contributed by atoms with Gasteiger partial charge < -0.3 is 10.2 Å². The van der Waals surface area contributed by atoms with E-state index in [1.165, 1.54) is 0 Å². The Balaban J connectivity index is 2.70. The molecule has 0 aromatic rings. The molecule has 0 amide bonds. The van der Waals surface area contributed by atoms with Gasteiger partial charge in [0.1, 0.15) is 5.84 Å². The molecule has 4 nitrogen and oxygen atoms in total. The molecule has 6 heteroatoms. The number of hydrogen-bond acceptors (Lipinski definition) is 3. The summed E-state index contributed by atoms with van der Waals surface area (Å²) in [6, 6.07) is 0. The van der Waals surface area contributed by atoms with Crippen LogP contribution in [0.25, 0.3) is 0 Å². The van der Waals surface area contributed by atoms with Gasteiger partial charge in [-0.15, -0.1) is 0 Å². The molecule has 1 aliphatic heterocycles. The van der Waals surface area contributed by atoms with E-state index in [9.17, 15) is 8.78 Å². The second-order valence-electron chi connectivity index (χ2n) is 3.01. The number of alkyl halides is 2. The molecule has 74 valence electrons. The third kappa shape index (κ3) is 2.21. The van der Waals surface area contributed by atoms with Crippen LogP contribution in [0.15, 0.2) is 0 Å². The van der Waals surface area contributed by atoms with Crippen molar-refractivity contribution in [3.63, 3.8) is 0 Å². The monoisotopic (exact) mass is 190 g/mol. The molecule has 1 rings (SSSR count). The SMILES string of the molecule is CC(F)(F)C(=N)N1CCNCC1=N. The van der Waals surface area contributed by atoms with Crippen LogP contribution in [-0.2, 0) is 0 Å². The summed E-state index contributed by atoms with van der Waals surface area (Å²) in [7, 11) is 0. The number of amidine groups is 2. The van der Waals surface area contributed by atoms with Gasteiger partial charge >= 0.3 is 5.92 Å². The largest absolute Gasteiger partial charge is 0.312 e. The second kappa shape index (κ2) is 3.37. The number of nitrogens with one attached hydrogen (secondary N) is 3. The van der Waals surface area contributed by atoms with Gasteiger partial charge in [-0.2, -0.15) is 8.78 Å². The number of piperazine rings is 1. The topological polar surface area (TPSA) is 63.0 Å². The molecule has 0 aromatic carbocycles. The van der Waals surface area contributed by atoms with Gasteiger partial charge in [-0.3, -0.25) is 10.8 Å². The Morgan fingerprint density at radius 3 is 2.69 bits per heavy atom. The van der Waals surface area contributed by atoms with Gasteiger partial charge in [0.2, 0.25) is 0 Å². The van der Waals surface area contributed by atoms with Gasteiger partial charge in [-0.25, -0.2) is 0 Å². The molecule has 1 aliphatic rings. The predicted molar refractivity (Wildman–Crippen MR) is 45.7 cm³/mol. The zero-order valence-electron chi connectivity index (χ0n) is 7.32. The van der Waals surface area contributed by atoms with Gasteiger partial charge in [-0.05, 0) is 0 Å². The maximum absolute atomic E-state index is 12.7. The van der Waals surface area contributed by atoms with E-state index in [1.54, 1.807) is 0 Å². The molecule has 0 aliphatic carbocycles. The van der Waals surface area contributed by atoms with Gasteiger partial charge in [-0.1, -0.05) is 0 Å².